The second kappa shape index (κ2) is 9.94. The molecule has 7 heteroatoms. The van der Waals surface area contributed by atoms with E-state index in [1.54, 1.807) is 20.8 Å². The molecule has 0 bridgehead atoms. The van der Waals surface area contributed by atoms with Crippen molar-refractivity contribution >= 4 is 18.1 Å². The monoisotopic (exact) mass is 378 g/mol. The summed E-state index contributed by atoms with van der Waals surface area (Å²) >= 11 is 0. The molecule has 0 aliphatic carbocycles. The van der Waals surface area contributed by atoms with Crippen LogP contribution in [0.5, 0.6) is 0 Å². The molecule has 0 aliphatic heterocycles. The van der Waals surface area contributed by atoms with E-state index in [9.17, 15) is 14.4 Å². The zero-order valence-corrected chi connectivity index (χ0v) is 16.9. The van der Waals surface area contributed by atoms with E-state index in [4.69, 9.17) is 9.47 Å². The molecule has 1 N–H and O–H groups in total. The lowest BCUT2D eigenvalue weighted by Gasteiger charge is -2.30. The molecular weight excluding hydrogens is 348 g/mol. The Hall–Kier alpha value is -2.57. The highest BCUT2D eigenvalue weighted by Gasteiger charge is 2.31. The number of carbonyl (C=O) groups is 3. The average Bonchev–Trinajstić information content (AvgIpc) is 2.56. The maximum absolute atomic E-state index is 12.6. The Morgan fingerprint density at radius 1 is 1.11 bits per heavy atom. The van der Waals surface area contributed by atoms with Crippen molar-refractivity contribution in [3.05, 3.63) is 35.9 Å². The smallest absolute Gasteiger partial charge is 0.414 e. The molecule has 0 aliphatic rings. The van der Waals surface area contributed by atoms with Gasteiger partial charge in [-0.1, -0.05) is 44.2 Å². The number of hydrogen-bond acceptors (Lipinski definition) is 5. The van der Waals surface area contributed by atoms with Crippen LogP contribution in [0.15, 0.2) is 30.3 Å². The van der Waals surface area contributed by atoms with Crippen LogP contribution in [0.3, 0.4) is 0 Å². The first-order valence-electron chi connectivity index (χ1n) is 8.97. The molecule has 1 rings (SSSR count). The molecule has 0 spiro atoms. The number of hydrogen-bond donors (Lipinski definition) is 1. The summed E-state index contributed by atoms with van der Waals surface area (Å²) < 4.78 is 10.4. The highest BCUT2D eigenvalue weighted by molar-refractivity contribution is 5.96. The van der Waals surface area contributed by atoms with Crippen LogP contribution in [0.4, 0.5) is 9.59 Å². The molecule has 0 saturated carbocycles. The van der Waals surface area contributed by atoms with Crippen LogP contribution in [0.1, 0.15) is 46.6 Å². The summed E-state index contributed by atoms with van der Waals surface area (Å²) in [6, 6.07) is 8.30. The summed E-state index contributed by atoms with van der Waals surface area (Å²) in [7, 11) is 1.48. The zero-order chi connectivity index (χ0) is 20.6. The number of ether oxygens (including phenoxy) is 2. The van der Waals surface area contributed by atoms with Crippen LogP contribution in [-0.4, -0.2) is 41.7 Å². The molecule has 1 unspecified atom stereocenters. The van der Waals surface area contributed by atoms with Gasteiger partial charge in [0.05, 0.1) is 0 Å². The Kier molecular flexibility index (Phi) is 8.28. The predicted molar refractivity (Wildman–Crippen MR) is 102 cm³/mol. The molecule has 1 atom stereocenters. The highest BCUT2D eigenvalue weighted by Crippen LogP contribution is 2.15. The largest absolute Gasteiger partial charge is 0.444 e. The standard InChI is InChI=1S/C20H30N2O5/c1-14(2)12-16(22(6)19(25)27-20(3,4)5)17(23)21-18(24)26-13-15-10-8-7-9-11-15/h7-11,14,16H,12-13H2,1-6H3,(H,21,23,24). The summed E-state index contributed by atoms with van der Waals surface area (Å²) in [5, 5.41) is 2.20. The Bertz CT molecular complexity index is 638. The first kappa shape index (κ1) is 22.5. The molecule has 0 radical (unpaired) electrons. The molecule has 0 fully saturated rings. The van der Waals surface area contributed by atoms with Crippen molar-refractivity contribution in [2.24, 2.45) is 5.92 Å². The maximum Gasteiger partial charge on any atom is 0.414 e. The Morgan fingerprint density at radius 3 is 2.22 bits per heavy atom. The summed E-state index contributed by atoms with van der Waals surface area (Å²) in [6.45, 7) is 9.15. The van der Waals surface area contributed by atoms with E-state index < -0.39 is 29.7 Å². The van der Waals surface area contributed by atoms with Crippen molar-refractivity contribution in [1.82, 2.24) is 10.2 Å². The van der Waals surface area contributed by atoms with Crippen molar-refractivity contribution in [3.63, 3.8) is 0 Å². The normalized spacial score (nSPS) is 12.3. The van der Waals surface area contributed by atoms with Gasteiger partial charge in [0.2, 0.25) is 0 Å². The molecule has 3 amide bonds. The minimum atomic E-state index is -0.852. The number of alkyl carbamates (subject to hydrolysis) is 1. The molecule has 0 saturated heterocycles. The van der Waals surface area contributed by atoms with Gasteiger partial charge in [0.15, 0.2) is 0 Å². The predicted octanol–water partition coefficient (Wildman–Crippen LogP) is 3.72. The molecule has 7 nitrogen and oxygen atoms in total. The average molecular weight is 378 g/mol. The van der Waals surface area contributed by atoms with Crippen molar-refractivity contribution in [2.75, 3.05) is 7.05 Å². The quantitative estimate of drug-likeness (QED) is 0.815. The van der Waals surface area contributed by atoms with Crippen LogP contribution < -0.4 is 5.32 Å². The van der Waals surface area contributed by atoms with Gasteiger partial charge in [-0.05, 0) is 38.7 Å². The third kappa shape index (κ3) is 8.57. The lowest BCUT2D eigenvalue weighted by atomic mass is 10.0. The number of likely N-dealkylation sites (N-methyl/N-ethyl adjacent to an activating group) is 1. The Balaban J connectivity index is 2.70. The van der Waals surface area contributed by atoms with Crippen molar-refractivity contribution < 1.29 is 23.9 Å². The van der Waals surface area contributed by atoms with E-state index >= 15 is 0 Å². The van der Waals surface area contributed by atoms with Gasteiger partial charge in [0.1, 0.15) is 18.2 Å². The van der Waals surface area contributed by atoms with E-state index in [0.29, 0.717) is 6.42 Å². The second-order valence-electron chi connectivity index (χ2n) is 7.79. The third-order valence-corrected chi connectivity index (χ3v) is 3.58. The molecule has 27 heavy (non-hydrogen) atoms. The minimum Gasteiger partial charge on any atom is -0.444 e. The van der Waals surface area contributed by atoms with Gasteiger partial charge < -0.3 is 9.47 Å². The minimum absolute atomic E-state index is 0.0523. The number of nitrogens with one attached hydrogen (secondary N) is 1. The lowest BCUT2D eigenvalue weighted by molar-refractivity contribution is -0.125. The summed E-state index contributed by atoms with van der Waals surface area (Å²) in [6.07, 6.45) is -1.09. The third-order valence-electron chi connectivity index (χ3n) is 3.58. The van der Waals surface area contributed by atoms with Crippen LogP contribution in [0.25, 0.3) is 0 Å². The number of rotatable bonds is 6. The van der Waals surface area contributed by atoms with Crippen LogP contribution in [0.2, 0.25) is 0 Å². The topological polar surface area (TPSA) is 84.9 Å². The van der Waals surface area contributed by atoms with E-state index in [2.05, 4.69) is 5.32 Å². The molecule has 1 aromatic carbocycles. The molecular formula is C20H30N2O5. The van der Waals surface area contributed by atoms with E-state index in [0.717, 1.165) is 5.56 Å². The summed E-state index contributed by atoms with van der Waals surface area (Å²) in [5.41, 5.74) is 0.128. The number of imide groups is 1. The molecule has 150 valence electrons. The summed E-state index contributed by atoms with van der Waals surface area (Å²) in [5.74, 6) is -0.471. The van der Waals surface area contributed by atoms with E-state index in [-0.39, 0.29) is 12.5 Å². The van der Waals surface area contributed by atoms with Gasteiger partial charge in [0.25, 0.3) is 5.91 Å². The number of carbonyl (C=O) groups excluding carboxylic acids is 3. The Labute approximate surface area is 161 Å². The van der Waals surface area contributed by atoms with Gasteiger partial charge in [-0.2, -0.15) is 0 Å². The lowest BCUT2D eigenvalue weighted by Crippen LogP contribution is -2.51. The molecule has 0 heterocycles. The molecule has 1 aromatic rings. The van der Waals surface area contributed by atoms with Crippen LogP contribution in [0, 0.1) is 5.92 Å². The number of amides is 3. The van der Waals surface area contributed by atoms with Crippen molar-refractivity contribution in [1.29, 1.82) is 0 Å². The van der Waals surface area contributed by atoms with Crippen LogP contribution >= 0.6 is 0 Å². The zero-order valence-electron chi connectivity index (χ0n) is 16.9. The number of nitrogens with zero attached hydrogens (tertiary/aromatic N) is 1. The summed E-state index contributed by atoms with van der Waals surface area (Å²) in [4.78, 5) is 38.0. The van der Waals surface area contributed by atoms with Gasteiger partial charge in [-0.15, -0.1) is 0 Å². The number of benzene rings is 1. The first-order chi connectivity index (χ1) is 12.5. The fraction of sp³-hybridized carbons (Fsp3) is 0.550. The fourth-order valence-electron chi connectivity index (χ4n) is 2.29. The van der Waals surface area contributed by atoms with Gasteiger partial charge in [-0.3, -0.25) is 15.0 Å². The Morgan fingerprint density at radius 2 is 1.70 bits per heavy atom. The highest BCUT2D eigenvalue weighted by atomic mass is 16.6. The van der Waals surface area contributed by atoms with Gasteiger partial charge >= 0.3 is 12.2 Å². The van der Waals surface area contributed by atoms with Gasteiger partial charge in [0, 0.05) is 7.05 Å². The van der Waals surface area contributed by atoms with Gasteiger partial charge in [-0.25, -0.2) is 9.59 Å². The van der Waals surface area contributed by atoms with E-state index in [1.807, 2.05) is 44.2 Å². The fourth-order valence-corrected chi connectivity index (χ4v) is 2.29. The van der Waals surface area contributed by atoms with Crippen molar-refractivity contribution in [3.8, 4) is 0 Å². The maximum atomic E-state index is 12.6. The molecule has 0 aromatic heterocycles. The first-order valence-corrected chi connectivity index (χ1v) is 8.97. The van der Waals surface area contributed by atoms with Crippen molar-refractivity contribution in [2.45, 2.75) is 59.3 Å². The second-order valence-corrected chi connectivity index (χ2v) is 7.79. The SMILES string of the molecule is CC(C)CC(C(=O)NC(=O)OCc1ccccc1)N(C)C(=O)OC(C)(C)C. The van der Waals surface area contributed by atoms with E-state index in [1.165, 1.54) is 11.9 Å². The van der Waals surface area contributed by atoms with Crippen LogP contribution in [-0.2, 0) is 20.9 Å².